The lowest BCUT2D eigenvalue weighted by Gasteiger charge is -2.45. The maximum Gasteiger partial charge on any atom is 0.343 e. The molecule has 1 aliphatic heterocycles. The van der Waals surface area contributed by atoms with Gasteiger partial charge in [-0.3, -0.25) is 19.2 Å². The van der Waals surface area contributed by atoms with E-state index in [9.17, 15) is 24.0 Å². The Balaban J connectivity index is 1.13. The maximum atomic E-state index is 14.5. The first-order valence-electron chi connectivity index (χ1n) is 16.0. The van der Waals surface area contributed by atoms with Crippen LogP contribution in [0.1, 0.15) is 65.2 Å². The number of imide groups is 1. The average molecular weight is 702 g/mol. The van der Waals surface area contributed by atoms with Gasteiger partial charge >= 0.3 is 5.97 Å². The third-order valence-corrected chi connectivity index (χ3v) is 10.5. The van der Waals surface area contributed by atoms with E-state index in [0.717, 1.165) is 32.3 Å². The minimum Gasteiger partial charge on any atom is -0.423 e. The summed E-state index contributed by atoms with van der Waals surface area (Å²) >= 11 is 12.4. The van der Waals surface area contributed by atoms with Crippen molar-refractivity contribution in [1.29, 1.82) is 0 Å². The second-order valence-corrected chi connectivity index (χ2v) is 13.3. The second kappa shape index (κ2) is 12.4. The summed E-state index contributed by atoms with van der Waals surface area (Å²) in [4.78, 5) is 69.7. The average Bonchev–Trinajstić information content (AvgIpc) is 3.41. The second-order valence-electron chi connectivity index (χ2n) is 12.4. The molecule has 50 heavy (non-hydrogen) atoms. The topological polar surface area (TPSA) is 101 Å². The van der Waals surface area contributed by atoms with Crippen LogP contribution in [0.4, 0.5) is 0 Å². The summed E-state index contributed by atoms with van der Waals surface area (Å²) in [5, 5.41) is 2.10. The van der Waals surface area contributed by atoms with Crippen molar-refractivity contribution in [2.24, 2.45) is 11.8 Å². The Kier molecular flexibility index (Phi) is 7.85. The highest BCUT2D eigenvalue weighted by Crippen LogP contribution is 2.61. The number of nitrogens with zero attached hydrogens (tertiary/aromatic N) is 2. The molecule has 0 N–H and O–H groups in total. The normalized spacial score (nSPS) is 19.8. The van der Waals surface area contributed by atoms with Crippen molar-refractivity contribution in [2.45, 2.75) is 11.8 Å². The van der Waals surface area contributed by atoms with Gasteiger partial charge in [0.1, 0.15) is 12.3 Å². The third-order valence-electron chi connectivity index (χ3n) is 9.76. The van der Waals surface area contributed by atoms with E-state index in [4.69, 9.17) is 27.9 Å². The highest BCUT2D eigenvalue weighted by molar-refractivity contribution is 6.42. The molecule has 0 unspecified atom stereocenters. The SMILES string of the molecule is O=C(CN(C(=O)c1ccc(Cl)c(Cl)c1)N1C(=O)[C@@H]2C3c4ccccc4C(c4ccccc43)[C@H]2C1=O)c1ccc(OC(=O)c2ccccc2)cc1. The molecule has 0 radical (unpaired) electrons. The number of carbonyl (C=O) groups is 5. The molecular weight excluding hydrogens is 675 g/mol. The van der Waals surface area contributed by atoms with E-state index in [1.54, 1.807) is 30.3 Å². The lowest BCUT2D eigenvalue weighted by molar-refractivity contribution is -0.154. The minimum absolute atomic E-state index is 0.0420. The number of amides is 3. The molecule has 4 aliphatic rings. The number of esters is 1. The van der Waals surface area contributed by atoms with Crippen LogP contribution in [0, 0.1) is 11.8 Å². The molecule has 0 aromatic heterocycles. The number of hydrogen-bond acceptors (Lipinski definition) is 6. The molecule has 1 saturated heterocycles. The molecule has 9 rings (SSSR count). The number of benzene rings is 5. The van der Waals surface area contributed by atoms with Crippen molar-refractivity contribution in [3.8, 4) is 5.75 Å². The van der Waals surface area contributed by atoms with Gasteiger partial charge in [-0.2, -0.15) is 5.01 Å². The highest BCUT2D eigenvalue weighted by atomic mass is 35.5. The summed E-state index contributed by atoms with van der Waals surface area (Å²) in [6.07, 6.45) is 0. The Hall–Kier alpha value is -5.57. The zero-order valence-corrected chi connectivity index (χ0v) is 27.7. The predicted octanol–water partition coefficient (Wildman–Crippen LogP) is 7.34. The van der Waals surface area contributed by atoms with Crippen LogP contribution in [0.5, 0.6) is 5.75 Å². The molecule has 1 fully saturated rings. The summed E-state index contributed by atoms with van der Waals surface area (Å²) < 4.78 is 5.44. The van der Waals surface area contributed by atoms with Gasteiger partial charge in [-0.05, 0) is 76.9 Å². The van der Waals surface area contributed by atoms with Gasteiger partial charge in [0.05, 0.1) is 27.4 Å². The van der Waals surface area contributed by atoms with E-state index in [-0.39, 0.29) is 26.9 Å². The monoisotopic (exact) mass is 700 g/mol. The maximum absolute atomic E-state index is 14.5. The van der Waals surface area contributed by atoms with Gasteiger partial charge < -0.3 is 4.74 Å². The molecule has 5 aromatic rings. The van der Waals surface area contributed by atoms with Crippen molar-refractivity contribution in [3.63, 3.8) is 0 Å². The number of hydrazine groups is 1. The Morgan fingerprint density at radius 1 is 0.600 bits per heavy atom. The fourth-order valence-corrected chi connectivity index (χ4v) is 7.89. The van der Waals surface area contributed by atoms with Crippen LogP contribution in [0.15, 0.2) is 121 Å². The molecule has 2 bridgehead atoms. The van der Waals surface area contributed by atoms with Gasteiger partial charge in [0, 0.05) is 23.0 Å². The van der Waals surface area contributed by atoms with E-state index in [0.29, 0.717) is 5.56 Å². The van der Waals surface area contributed by atoms with Gasteiger partial charge in [0.25, 0.3) is 17.7 Å². The molecule has 0 spiro atoms. The first-order valence-corrected chi connectivity index (χ1v) is 16.7. The van der Waals surface area contributed by atoms with Crippen LogP contribution >= 0.6 is 23.2 Å². The lowest BCUT2D eigenvalue weighted by Crippen LogP contribution is -2.52. The standard InChI is InChI=1S/C40H26Cl2N2O6/c41-30-19-16-24(20-31(30)42)37(46)43(21-32(45)22-14-17-25(18-15-22)50-40(49)23-8-2-1-3-9-23)44-38(47)35-33-26-10-4-5-11-27(26)34(36(35)39(44)48)29-13-7-6-12-28(29)33/h1-20,33-36H,21H2/t33?,34?,35-,36-/m1/s1. The number of halogens is 2. The lowest BCUT2D eigenvalue weighted by atomic mass is 9.55. The predicted molar refractivity (Wildman–Crippen MR) is 185 cm³/mol. The summed E-state index contributed by atoms with van der Waals surface area (Å²) in [6.45, 7) is -0.631. The van der Waals surface area contributed by atoms with E-state index >= 15 is 0 Å². The van der Waals surface area contributed by atoms with Crippen molar-refractivity contribution in [2.75, 3.05) is 6.54 Å². The van der Waals surface area contributed by atoms with Crippen molar-refractivity contribution < 1.29 is 28.7 Å². The molecule has 0 saturated carbocycles. The van der Waals surface area contributed by atoms with Gasteiger partial charge in [0.15, 0.2) is 5.78 Å². The van der Waals surface area contributed by atoms with E-state index in [1.807, 2.05) is 48.5 Å². The fraction of sp³-hybridized carbons (Fsp3) is 0.125. The van der Waals surface area contributed by atoms with E-state index in [2.05, 4.69) is 0 Å². The molecular formula is C40H26Cl2N2O6. The Morgan fingerprint density at radius 3 is 1.62 bits per heavy atom. The van der Waals surface area contributed by atoms with Crippen molar-refractivity contribution in [1.82, 2.24) is 10.0 Å². The first kappa shape index (κ1) is 31.7. The Bertz CT molecular complexity index is 2120. The van der Waals surface area contributed by atoms with Gasteiger partial charge in [-0.15, -0.1) is 0 Å². The number of Topliss-reactive ketones (excluding diaryl/α,β-unsaturated/α-hetero) is 1. The molecule has 3 amide bonds. The zero-order chi connectivity index (χ0) is 34.7. The van der Waals surface area contributed by atoms with Gasteiger partial charge in [-0.1, -0.05) is 89.9 Å². The molecule has 1 heterocycles. The largest absolute Gasteiger partial charge is 0.423 e. The van der Waals surface area contributed by atoms with E-state index in [1.165, 1.54) is 42.5 Å². The van der Waals surface area contributed by atoms with Crippen LogP contribution in [-0.2, 0) is 9.59 Å². The van der Waals surface area contributed by atoms with E-state index < -0.39 is 59.7 Å². The molecule has 10 heteroatoms. The Morgan fingerprint density at radius 2 is 1.10 bits per heavy atom. The Labute approximate surface area is 296 Å². The molecule has 3 aliphatic carbocycles. The summed E-state index contributed by atoms with van der Waals surface area (Å²) in [5.41, 5.74) is 4.50. The highest BCUT2D eigenvalue weighted by Gasteiger charge is 2.63. The summed E-state index contributed by atoms with van der Waals surface area (Å²) in [5.74, 6) is -5.11. The fourth-order valence-electron chi connectivity index (χ4n) is 7.59. The molecule has 8 nitrogen and oxygen atoms in total. The van der Waals surface area contributed by atoms with Crippen LogP contribution in [0.25, 0.3) is 0 Å². The summed E-state index contributed by atoms with van der Waals surface area (Å²) in [7, 11) is 0. The van der Waals surface area contributed by atoms with Crippen LogP contribution in [0.3, 0.4) is 0 Å². The molecule has 246 valence electrons. The smallest absolute Gasteiger partial charge is 0.343 e. The van der Waals surface area contributed by atoms with Crippen molar-refractivity contribution >= 4 is 52.7 Å². The summed E-state index contributed by atoms with van der Waals surface area (Å²) in [6, 6.07) is 34.2. The number of rotatable bonds is 7. The number of ketones is 1. The molecule has 2 atom stereocenters. The van der Waals surface area contributed by atoms with Crippen LogP contribution in [-0.4, -0.2) is 46.0 Å². The first-order chi connectivity index (χ1) is 24.2. The van der Waals surface area contributed by atoms with Gasteiger partial charge in [0.2, 0.25) is 0 Å². The van der Waals surface area contributed by atoms with Crippen LogP contribution in [0.2, 0.25) is 10.0 Å². The number of hydrogen-bond donors (Lipinski definition) is 0. The van der Waals surface area contributed by atoms with Crippen molar-refractivity contribution in [3.05, 3.63) is 170 Å². The minimum atomic E-state index is -0.770. The quantitative estimate of drug-likeness (QED) is 0.0762. The number of carbonyl (C=O) groups excluding carboxylic acids is 5. The van der Waals surface area contributed by atoms with Crippen LogP contribution < -0.4 is 4.74 Å². The zero-order valence-electron chi connectivity index (χ0n) is 26.2. The molecule has 5 aromatic carbocycles. The third kappa shape index (κ3) is 5.11. The number of ether oxygens (including phenoxy) is 1. The van der Waals surface area contributed by atoms with Gasteiger partial charge in [-0.25, -0.2) is 9.80 Å².